The minimum atomic E-state index is 1.02. The summed E-state index contributed by atoms with van der Waals surface area (Å²) in [5, 5.41) is 7.59. The first-order valence-electron chi connectivity index (χ1n) is 14.2. The molecule has 0 aromatic heterocycles. The van der Waals surface area contributed by atoms with Gasteiger partial charge in [-0.25, -0.2) is 0 Å². The van der Waals surface area contributed by atoms with Gasteiger partial charge in [0.1, 0.15) is 0 Å². The standard InChI is InChI=1S/C28H52N2/c1-2-3-4-6-9-12-29-20-27-19-24(27)11-8-5-7-10-13-30-21-28-25-15-22-14-23(17-25)18-26(28)16-22/h22-30H,2-21H2,1H3/t22?,23?,24-,25?,26?,27+,28?/m0/s1. The molecule has 0 aromatic carbocycles. The van der Waals surface area contributed by atoms with Crippen LogP contribution in [0.25, 0.3) is 0 Å². The lowest BCUT2D eigenvalue weighted by Crippen LogP contribution is -2.48. The molecule has 2 atom stereocenters. The zero-order valence-corrected chi connectivity index (χ0v) is 20.2. The first-order chi connectivity index (χ1) is 14.8. The molecule has 5 rings (SSSR count). The maximum absolute atomic E-state index is 3.87. The van der Waals surface area contributed by atoms with Crippen LogP contribution in [0.15, 0.2) is 0 Å². The van der Waals surface area contributed by atoms with Gasteiger partial charge in [-0.2, -0.15) is 0 Å². The van der Waals surface area contributed by atoms with Crippen molar-refractivity contribution in [3.05, 3.63) is 0 Å². The summed E-state index contributed by atoms with van der Waals surface area (Å²) in [5.41, 5.74) is 0. The predicted octanol–water partition coefficient (Wildman–Crippen LogP) is 6.79. The van der Waals surface area contributed by atoms with E-state index in [2.05, 4.69) is 17.6 Å². The van der Waals surface area contributed by atoms with Crippen molar-refractivity contribution in [1.29, 1.82) is 0 Å². The molecule has 2 N–H and O–H groups in total. The van der Waals surface area contributed by atoms with Crippen molar-refractivity contribution in [3.63, 3.8) is 0 Å². The first-order valence-corrected chi connectivity index (χ1v) is 14.2. The summed E-state index contributed by atoms with van der Waals surface area (Å²) in [5.74, 6) is 7.55. The van der Waals surface area contributed by atoms with Gasteiger partial charge in [0.25, 0.3) is 0 Å². The molecule has 0 unspecified atom stereocenters. The Morgan fingerprint density at radius 2 is 1.17 bits per heavy atom. The second-order valence-electron chi connectivity index (χ2n) is 11.9. The van der Waals surface area contributed by atoms with Crippen LogP contribution in [-0.2, 0) is 0 Å². The summed E-state index contributed by atoms with van der Waals surface area (Å²) in [6.45, 7) is 7.46. The van der Waals surface area contributed by atoms with Crippen LogP contribution in [0.3, 0.4) is 0 Å². The van der Waals surface area contributed by atoms with Crippen LogP contribution in [0.5, 0.6) is 0 Å². The third-order valence-electron chi connectivity index (χ3n) is 9.41. The normalized spacial score (nSPS) is 36.5. The Bertz CT molecular complexity index is 447. The molecule has 2 heteroatoms. The van der Waals surface area contributed by atoms with Crippen LogP contribution in [0.1, 0.15) is 110 Å². The molecular weight excluding hydrogens is 364 g/mol. The monoisotopic (exact) mass is 416 g/mol. The van der Waals surface area contributed by atoms with Gasteiger partial charge in [0.2, 0.25) is 0 Å². The van der Waals surface area contributed by atoms with Crippen LogP contribution in [0.2, 0.25) is 0 Å². The zero-order chi connectivity index (χ0) is 20.6. The number of nitrogens with one attached hydrogen (secondary N) is 2. The maximum atomic E-state index is 3.87. The van der Waals surface area contributed by atoms with E-state index in [-0.39, 0.29) is 0 Å². The minimum absolute atomic E-state index is 1.02. The molecule has 0 aromatic rings. The highest BCUT2D eigenvalue weighted by Gasteiger charge is 2.47. The highest BCUT2D eigenvalue weighted by Crippen LogP contribution is 2.56. The summed E-state index contributed by atoms with van der Waals surface area (Å²) in [4.78, 5) is 0. The Morgan fingerprint density at radius 1 is 0.567 bits per heavy atom. The topological polar surface area (TPSA) is 24.1 Å². The molecule has 5 fully saturated rings. The minimum Gasteiger partial charge on any atom is -0.316 e. The second-order valence-corrected chi connectivity index (χ2v) is 11.9. The van der Waals surface area contributed by atoms with E-state index < -0.39 is 0 Å². The van der Waals surface area contributed by atoms with E-state index in [0.717, 1.165) is 41.4 Å². The summed E-state index contributed by atoms with van der Waals surface area (Å²) >= 11 is 0. The van der Waals surface area contributed by atoms with Crippen molar-refractivity contribution < 1.29 is 0 Å². The molecule has 0 saturated heterocycles. The lowest BCUT2D eigenvalue weighted by atomic mass is 9.52. The molecule has 30 heavy (non-hydrogen) atoms. The zero-order valence-electron chi connectivity index (χ0n) is 20.2. The molecule has 4 bridgehead atoms. The van der Waals surface area contributed by atoms with Crippen LogP contribution < -0.4 is 10.6 Å². The van der Waals surface area contributed by atoms with Crippen LogP contribution in [0.4, 0.5) is 0 Å². The van der Waals surface area contributed by atoms with Gasteiger partial charge < -0.3 is 10.6 Å². The summed E-state index contributed by atoms with van der Waals surface area (Å²) < 4.78 is 0. The Balaban J connectivity index is 0.916. The Hall–Kier alpha value is -0.0800. The number of unbranched alkanes of at least 4 members (excludes halogenated alkanes) is 7. The molecule has 5 saturated carbocycles. The van der Waals surface area contributed by atoms with Gasteiger partial charge in [-0.3, -0.25) is 0 Å². The van der Waals surface area contributed by atoms with E-state index in [4.69, 9.17) is 0 Å². The van der Waals surface area contributed by atoms with Crippen molar-refractivity contribution in [2.75, 3.05) is 26.2 Å². The van der Waals surface area contributed by atoms with Crippen LogP contribution >= 0.6 is 0 Å². The fraction of sp³-hybridized carbons (Fsp3) is 1.00. The van der Waals surface area contributed by atoms with E-state index in [0.29, 0.717) is 0 Å². The van der Waals surface area contributed by atoms with Gasteiger partial charge in [0.15, 0.2) is 0 Å². The van der Waals surface area contributed by atoms with Crippen LogP contribution in [0, 0.1) is 41.4 Å². The van der Waals surface area contributed by atoms with Crippen molar-refractivity contribution in [2.24, 2.45) is 41.4 Å². The second kappa shape index (κ2) is 12.2. The van der Waals surface area contributed by atoms with E-state index in [9.17, 15) is 0 Å². The lowest BCUT2D eigenvalue weighted by molar-refractivity contribution is -0.0353. The van der Waals surface area contributed by atoms with Gasteiger partial charge in [0.05, 0.1) is 0 Å². The molecule has 0 aliphatic heterocycles. The summed E-state index contributed by atoms with van der Waals surface area (Å²) in [6, 6.07) is 0. The maximum Gasteiger partial charge on any atom is -0.00152 e. The van der Waals surface area contributed by atoms with Gasteiger partial charge >= 0.3 is 0 Å². The molecule has 5 aliphatic rings. The van der Waals surface area contributed by atoms with E-state index in [1.54, 1.807) is 32.1 Å². The molecule has 0 radical (unpaired) electrons. The van der Waals surface area contributed by atoms with E-state index in [1.165, 1.54) is 96.8 Å². The number of hydrogen-bond donors (Lipinski definition) is 2. The molecule has 2 nitrogen and oxygen atoms in total. The fourth-order valence-electron chi connectivity index (χ4n) is 7.70. The largest absolute Gasteiger partial charge is 0.316 e. The molecular formula is C28H52N2. The van der Waals surface area contributed by atoms with E-state index in [1.807, 2.05) is 0 Å². The van der Waals surface area contributed by atoms with Crippen molar-refractivity contribution >= 4 is 0 Å². The SMILES string of the molecule is CCCCCCCNC[C@H]1C[C@@H]1CCCCCCNCC1C2CC3CC(C2)CC1C3. The molecule has 174 valence electrons. The third kappa shape index (κ3) is 6.96. The average molecular weight is 417 g/mol. The van der Waals surface area contributed by atoms with Gasteiger partial charge in [0, 0.05) is 0 Å². The van der Waals surface area contributed by atoms with Gasteiger partial charge in [-0.05, 0) is 119 Å². The number of rotatable bonds is 17. The average Bonchev–Trinajstić information content (AvgIpc) is 3.48. The highest BCUT2D eigenvalue weighted by molar-refractivity contribution is 4.98. The quantitative estimate of drug-likeness (QED) is 0.255. The van der Waals surface area contributed by atoms with Crippen molar-refractivity contribution in [2.45, 2.75) is 110 Å². The van der Waals surface area contributed by atoms with Crippen molar-refractivity contribution in [1.82, 2.24) is 10.6 Å². The molecule has 0 spiro atoms. The van der Waals surface area contributed by atoms with Gasteiger partial charge in [-0.1, -0.05) is 58.3 Å². The Morgan fingerprint density at radius 3 is 1.83 bits per heavy atom. The molecule has 0 heterocycles. The molecule has 0 amide bonds. The Kier molecular flexibility index (Phi) is 9.42. The summed E-state index contributed by atoms with van der Waals surface area (Å²) in [7, 11) is 0. The highest BCUT2D eigenvalue weighted by atomic mass is 14.9. The van der Waals surface area contributed by atoms with Crippen molar-refractivity contribution in [3.8, 4) is 0 Å². The summed E-state index contributed by atoms with van der Waals surface area (Å²) in [6.07, 6.45) is 23.7. The third-order valence-corrected chi connectivity index (χ3v) is 9.41. The predicted molar refractivity (Wildman–Crippen MR) is 130 cm³/mol. The van der Waals surface area contributed by atoms with Gasteiger partial charge in [-0.15, -0.1) is 0 Å². The first kappa shape index (κ1) is 23.1. The smallest absolute Gasteiger partial charge is 0.00152 e. The lowest BCUT2D eigenvalue weighted by Gasteiger charge is -2.54. The van der Waals surface area contributed by atoms with Crippen LogP contribution in [-0.4, -0.2) is 26.2 Å². The van der Waals surface area contributed by atoms with E-state index >= 15 is 0 Å². The fourth-order valence-corrected chi connectivity index (χ4v) is 7.70. The number of hydrogen-bond acceptors (Lipinski definition) is 2. The Labute approximate surface area is 188 Å². The molecule has 5 aliphatic carbocycles.